The van der Waals surface area contributed by atoms with Crippen LogP contribution in [0.1, 0.15) is 11.1 Å². The van der Waals surface area contributed by atoms with Crippen LogP contribution >= 0.6 is 0 Å². The summed E-state index contributed by atoms with van der Waals surface area (Å²) >= 11 is 0. The third-order valence-corrected chi connectivity index (χ3v) is 8.63. The number of hydrogen-bond donors (Lipinski definition) is 0. The lowest BCUT2D eigenvalue weighted by Crippen LogP contribution is -2.63. The minimum Gasteiger partial charge on any atom is -0.384 e. The van der Waals surface area contributed by atoms with Gasteiger partial charge in [0.15, 0.2) is 0 Å². The van der Waals surface area contributed by atoms with Crippen LogP contribution in [-0.2, 0) is 8.85 Å². The third-order valence-electron chi connectivity index (χ3n) is 5.29. The molecule has 4 aromatic carbocycles. The summed E-state index contributed by atoms with van der Waals surface area (Å²) in [5.41, 5.74) is 2.30. The first-order valence-corrected chi connectivity index (χ1v) is 13.0. The van der Waals surface area contributed by atoms with Crippen LogP contribution in [0.15, 0.2) is 133 Å². The Morgan fingerprint density at radius 1 is 0.455 bits per heavy atom. The summed E-state index contributed by atoms with van der Waals surface area (Å²) in [7, 11) is -2.93. The van der Waals surface area contributed by atoms with Crippen LogP contribution in [0.2, 0.25) is 0 Å². The Hall–Kier alpha value is -3.50. The van der Waals surface area contributed by atoms with Gasteiger partial charge in [0, 0.05) is 0 Å². The van der Waals surface area contributed by atoms with E-state index in [1.165, 1.54) is 0 Å². The lowest BCUT2D eigenvalue weighted by atomic mass is 10.2. The van der Waals surface area contributed by atoms with Crippen molar-refractivity contribution in [3.8, 4) is 0 Å². The number of benzene rings is 4. The summed E-state index contributed by atoms with van der Waals surface area (Å²) in [6.45, 7) is 0.931. The molecule has 0 unspecified atom stereocenters. The number of rotatable bonds is 10. The van der Waals surface area contributed by atoms with Gasteiger partial charge in [0.05, 0.1) is 13.2 Å². The standard InChI is InChI=1S/C30H28O2Si/c1-5-15-27(16-6-1)19-13-25-31-33(29-21-9-3-10-22-29,30-23-11-4-12-24-30)32-26-14-20-28-17-7-2-8-18-28/h1-24H,25-26H2/b19-13-,20-14+. The van der Waals surface area contributed by atoms with Crippen LogP contribution in [0.5, 0.6) is 0 Å². The highest BCUT2D eigenvalue weighted by atomic mass is 28.4. The molecule has 0 fully saturated rings. The summed E-state index contributed by atoms with van der Waals surface area (Å²) in [5.74, 6) is 0. The molecule has 0 aliphatic rings. The predicted octanol–water partition coefficient (Wildman–Crippen LogP) is 5.70. The quantitative estimate of drug-likeness (QED) is 0.290. The van der Waals surface area contributed by atoms with Crippen molar-refractivity contribution < 1.29 is 8.85 Å². The molecule has 0 aromatic heterocycles. The van der Waals surface area contributed by atoms with Gasteiger partial charge in [0.25, 0.3) is 0 Å². The first-order chi connectivity index (χ1) is 16.4. The van der Waals surface area contributed by atoms with E-state index >= 15 is 0 Å². The minimum atomic E-state index is -2.93. The summed E-state index contributed by atoms with van der Waals surface area (Å²) in [5, 5.41) is 2.19. The zero-order chi connectivity index (χ0) is 22.6. The predicted molar refractivity (Wildman–Crippen MR) is 141 cm³/mol. The van der Waals surface area contributed by atoms with Gasteiger partial charge in [-0.15, -0.1) is 0 Å². The molecule has 164 valence electrons. The van der Waals surface area contributed by atoms with Crippen molar-refractivity contribution in [3.63, 3.8) is 0 Å². The van der Waals surface area contributed by atoms with E-state index in [1.807, 2.05) is 72.8 Å². The fraction of sp³-hybridized carbons (Fsp3) is 0.0667. The largest absolute Gasteiger partial charge is 0.407 e. The van der Waals surface area contributed by atoms with Crippen LogP contribution in [0.4, 0.5) is 0 Å². The molecule has 0 aliphatic heterocycles. The monoisotopic (exact) mass is 448 g/mol. The van der Waals surface area contributed by atoms with E-state index in [0.717, 1.165) is 21.5 Å². The third kappa shape index (κ3) is 6.27. The summed E-state index contributed by atoms with van der Waals surface area (Å²) in [6, 6.07) is 41.2. The highest BCUT2D eigenvalue weighted by molar-refractivity contribution is 6.92. The topological polar surface area (TPSA) is 18.5 Å². The fourth-order valence-corrected chi connectivity index (χ4v) is 6.69. The SMILES string of the molecule is C(=C/c1ccccc1)/CO[Si](OC/C=C/c1ccccc1)(c1ccccc1)c1ccccc1. The van der Waals surface area contributed by atoms with E-state index in [9.17, 15) is 0 Å². The molecule has 0 N–H and O–H groups in total. The number of hydrogen-bond acceptors (Lipinski definition) is 2. The van der Waals surface area contributed by atoms with Gasteiger partial charge in [-0.1, -0.05) is 146 Å². The highest BCUT2D eigenvalue weighted by Gasteiger charge is 2.42. The van der Waals surface area contributed by atoms with Gasteiger partial charge in [-0.3, -0.25) is 0 Å². The zero-order valence-electron chi connectivity index (χ0n) is 18.6. The van der Waals surface area contributed by atoms with Crippen molar-refractivity contribution in [1.82, 2.24) is 0 Å². The van der Waals surface area contributed by atoms with E-state index in [-0.39, 0.29) is 0 Å². The van der Waals surface area contributed by atoms with Crippen molar-refractivity contribution in [2.75, 3.05) is 13.2 Å². The highest BCUT2D eigenvalue weighted by Crippen LogP contribution is 2.12. The Labute approximate surface area is 197 Å². The van der Waals surface area contributed by atoms with E-state index in [1.54, 1.807) is 0 Å². The smallest absolute Gasteiger partial charge is 0.384 e. The lowest BCUT2D eigenvalue weighted by molar-refractivity contribution is 0.228. The second-order valence-corrected chi connectivity index (χ2v) is 10.6. The van der Waals surface area contributed by atoms with E-state index in [4.69, 9.17) is 8.85 Å². The molecule has 0 spiro atoms. The van der Waals surface area contributed by atoms with Gasteiger partial charge < -0.3 is 8.85 Å². The van der Waals surface area contributed by atoms with Crippen LogP contribution in [0.3, 0.4) is 0 Å². The fourth-order valence-electron chi connectivity index (χ4n) is 3.68. The second kappa shape index (κ2) is 11.9. The molecular weight excluding hydrogens is 420 g/mol. The van der Waals surface area contributed by atoms with Gasteiger partial charge in [0.2, 0.25) is 0 Å². The first kappa shape index (κ1) is 22.7. The summed E-state index contributed by atoms with van der Waals surface area (Å²) in [6.07, 6.45) is 8.30. The van der Waals surface area contributed by atoms with Crippen molar-refractivity contribution in [2.45, 2.75) is 0 Å². The van der Waals surface area contributed by atoms with E-state index in [0.29, 0.717) is 13.2 Å². The van der Waals surface area contributed by atoms with E-state index in [2.05, 4.69) is 72.8 Å². The molecule has 33 heavy (non-hydrogen) atoms. The molecule has 4 aromatic rings. The van der Waals surface area contributed by atoms with Crippen molar-refractivity contribution in [3.05, 3.63) is 145 Å². The van der Waals surface area contributed by atoms with Gasteiger partial charge >= 0.3 is 8.56 Å². The van der Waals surface area contributed by atoms with Crippen LogP contribution < -0.4 is 10.4 Å². The lowest BCUT2D eigenvalue weighted by Gasteiger charge is -2.30. The molecule has 0 radical (unpaired) electrons. The Morgan fingerprint density at radius 2 is 0.788 bits per heavy atom. The van der Waals surface area contributed by atoms with Gasteiger partial charge in [-0.25, -0.2) is 0 Å². The maximum atomic E-state index is 6.67. The molecule has 0 aliphatic carbocycles. The van der Waals surface area contributed by atoms with Gasteiger partial charge in [-0.05, 0) is 21.5 Å². The normalized spacial score (nSPS) is 11.9. The maximum absolute atomic E-state index is 6.67. The summed E-state index contributed by atoms with van der Waals surface area (Å²) < 4.78 is 13.3. The molecule has 0 amide bonds. The average Bonchev–Trinajstić information content (AvgIpc) is 2.90. The molecule has 0 heterocycles. The molecule has 0 bridgehead atoms. The van der Waals surface area contributed by atoms with Crippen molar-refractivity contribution in [1.29, 1.82) is 0 Å². The van der Waals surface area contributed by atoms with Gasteiger partial charge in [0.1, 0.15) is 0 Å². The van der Waals surface area contributed by atoms with Crippen molar-refractivity contribution >= 4 is 31.1 Å². The van der Waals surface area contributed by atoms with Crippen LogP contribution in [0, 0.1) is 0 Å². The Morgan fingerprint density at radius 3 is 1.15 bits per heavy atom. The van der Waals surface area contributed by atoms with E-state index < -0.39 is 8.56 Å². The minimum absolute atomic E-state index is 0.466. The maximum Gasteiger partial charge on any atom is 0.407 e. The zero-order valence-corrected chi connectivity index (χ0v) is 19.6. The Balaban J connectivity index is 1.60. The van der Waals surface area contributed by atoms with Crippen LogP contribution in [-0.4, -0.2) is 21.8 Å². The molecule has 3 heteroatoms. The molecular formula is C30H28O2Si. The molecule has 0 saturated carbocycles. The Bertz CT molecular complexity index is 1050. The molecule has 2 nitrogen and oxygen atoms in total. The average molecular weight is 449 g/mol. The first-order valence-electron chi connectivity index (χ1n) is 11.2. The second-order valence-electron chi connectivity index (χ2n) is 7.60. The Kier molecular flexibility index (Phi) is 8.20. The van der Waals surface area contributed by atoms with Gasteiger partial charge in [-0.2, -0.15) is 0 Å². The van der Waals surface area contributed by atoms with Crippen molar-refractivity contribution in [2.24, 2.45) is 0 Å². The molecule has 4 rings (SSSR count). The van der Waals surface area contributed by atoms with Crippen LogP contribution in [0.25, 0.3) is 12.2 Å². The summed E-state index contributed by atoms with van der Waals surface area (Å²) in [4.78, 5) is 0. The molecule has 0 saturated heterocycles. The molecule has 0 atom stereocenters.